The summed E-state index contributed by atoms with van der Waals surface area (Å²) >= 11 is 0. The van der Waals surface area contributed by atoms with Gasteiger partial charge in [-0.1, -0.05) is 0 Å². The lowest BCUT2D eigenvalue weighted by atomic mass is 10.0. The molecule has 6 nitrogen and oxygen atoms in total. The van der Waals surface area contributed by atoms with Crippen molar-refractivity contribution in [3.63, 3.8) is 0 Å². The molecule has 0 radical (unpaired) electrons. The van der Waals surface area contributed by atoms with Crippen molar-refractivity contribution >= 4 is 5.91 Å². The molecule has 6 heteroatoms. The third-order valence-electron chi connectivity index (χ3n) is 4.70. The first-order valence-electron chi connectivity index (χ1n) is 8.00. The number of likely N-dealkylation sites (tertiary alicyclic amines) is 2. The van der Waals surface area contributed by atoms with Gasteiger partial charge >= 0.3 is 5.69 Å². The van der Waals surface area contributed by atoms with Crippen LogP contribution in [-0.2, 0) is 11.3 Å². The number of carbonyl (C=O) groups excluding carboxylic acids is 1. The van der Waals surface area contributed by atoms with Crippen molar-refractivity contribution in [1.29, 1.82) is 0 Å². The summed E-state index contributed by atoms with van der Waals surface area (Å²) in [4.78, 5) is 30.3. The largest absolute Gasteiger partial charge is 0.340 e. The lowest BCUT2D eigenvalue weighted by molar-refractivity contribution is -0.130. The number of nitrogens with zero attached hydrogens (tertiary/aromatic N) is 3. The van der Waals surface area contributed by atoms with Gasteiger partial charge in [-0.15, -0.1) is 0 Å². The third kappa shape index (κ3) is 3.37. The Hall–Kier alpha value is -1.56. The van der Waals surface area contributed by atoms with Gasteiger partial charge in [-0.3, -0.25) is 9.36 Å². The van der Waals surface area contributed by atoms with E-state index in [1.165, 1.54) is 0 Å². The minimum Gasteiger partial charge on any atom is -0.340 e. The maximum atomic E-state index is 11.8. The summed E-state index contributed by atoms with van der Waals surface area (Å²) in [6.07, 6.45) is 8.43. The quantitative estimate of drug-likeness (QED) is 0.867. The molecule has 0 bridgehead atoms. The summed E-state index contributed by atoms with van der Waals surface area (Å²) in [6, 6.07) is 0.462. The van der Waals surface area contributed by atoms with Gasteiger partial charge in [0.25, 0.3) is 0 Å². The first-order chi connectivity index (χ1) is 10.2. The van der Waals surface area contributed by atoms with Gasteiger partial charge < -0.3 is 14.8 Å². The van der Waals surface area contributed by atoms with Crippen LogP contribution in [0.1, 0.15) is 32.1 Å². The summed E-state index contributed by atoms with van der Waals surface area (Å²) in [5.41, 5.74) is -0.0266. The summed E-state index contributed by atoms with van der Waals surface area (Å²) in [5.74, 6) is 0.347. The summed E-state index contributed by atoms with van der Waals surface area (Å²) in [6.45, 7) is 4.89. The van der Waals surface area contributed by atoms with Crippen LogP contribution in [0.2, 0.25) is 0 Å². The highest BCUT2D eigenvalue weighted by molar-refractivity contribution is 5.78. The number of amides is 1. The summed E-state index contributed by atoms with van der Waals surface area (Å²) < 4.78 is 1.72. The fraction of sp³-hybridized carbons (Fsp3) is 0.733. The standard InChI is InChI=1S/C15H24N4O2/c20-14-3-1-9-19(14)13-4-10-17(11-5-13)7-2-8-18-12-6-16-15(18)21/h6,12-13H,1-5,7-11H2,(H,16,21). The van der Waals surface area contributed by atoms with Crippen LogP contribution >= 0.6 is 0 Å². The van der Waals surface area contributed by atoms with E-state index in [1.54, 1.807) is 17.0 Å². The number of H-pyrrole nitrogens is 1. The number of carbonyl (C=O) groups is 1. The Bertz CT molecular complexity index is 528. The highest BCUT2D eigenvalue weighted by Crippen LogP contribution is 2.22. The van der Waals surface area contributed by atoms with Crippen LogP contribution in [0.25, 0.3) is 0 Å². The van der Waals surface area contributed by atoms with Gasteiger partial charge in [-0.25, -0.2) is 4.79 Å². The molecule has 3 rings (SSSR count). The fourth-order valence-corrected chi connectivity index (χ4v) is 3.50. The highest BCUT2D eigenvalue weighted by Gasteiger charge is 2.30. The van der Waals surface area contributed by atoms with Crippen molar-refractivity contribution in [2.24, 2.45) is 0 Å². The predicted octanol–water partition coefficient (Wildman–Crippen LogP) is 0.653. The molecule has 0 aliphatic carbocycles. The fourth-order valence-electron chi connectivity index (χ4n) is 3.50. The smallest absolute Gasteiger partial charge is 0.325 e. The molecular weight excluding hydrogens is 268 g/mol. The Labute approximate surface area is 124 Å². The van der Waals surface area contributed by atoms with Crippen LogP contribution in [0.4, 0.5) is 0 Å². The van der Waals surface area contributed by atoms with Crippen LogP contribution in [0.3, 0.4) is 0 Å². The molecule has 0 saturated carbocycles. The number of imidazole rings is 1. The molecule has 0 aromatic carbocycles. The second kappa shape index (κ2) is 6.47. The molecule has 1 aromatic heterocycles. The third-order valence-corrected chi connectivity index (χ3v) is 4.70. The number of aryl methyl sites for hydroxylation is 1. The number of aromatic amines is 1. The molecular formula is C15H24N4O2. The van der Waals surface area contributed by atoms with Crippen molar-refractivity contribution in [2.75, 3.05) is 26.2 Å². The average molecular weight is 292 g/mol. The van der Waals surface area contributed by atoms with Crippen LogP contribution < -0.4 is 5.69 Å². The Balaban J connectivity index is 1.39. The van der Waals surface area contributed by atoms with E-state index < -0.39 is 0 Å². The topological polar surface area (TPSA) is 61.3 Å². The molecule has 0 atom stereocenters. The molecule has 2 aliphatic rings. The van der Waals surface area contributed by atoms with E-state index >= 15 is 0 Å². The van der Waals surface area contributed by atoms with Crippen LogP contribution in [0.5, 0.6) is 0 Å². The molecule has 3 heterocycles. The molecule has 0 spiro atoms. The van der Waals surface area contributed by atoms with Gasteiger partial charge in [0.1, 0.15) is 0 Å². The van der Waals surface area contributed by atoms with Gasteiger partial charge in [0.15, 0.2) is 0 Å². The Morgan fingerprint density at radius 2 is 1.95 bits per heavy atom. The first kappa shape index (κ1) is 14.4. The lowest BCUT2D eigenvalue weighted by Crippen LogP contribution is -2.45. The van der Waals surface area contributed by atoms with Crippen molar-refractivity contribution in [1.82, 2.24) is 19.4 Å². The van der Waals surface area contributed by atoms with E-state index in [0.717, 1.165) is 64.8 Å². The minimum absolute atomic E-state index is 0.0266. The number of rotatable bonds is 5. The highest BCUT2D eigenvalue weighted by atomic mass is 16.2. The summed E-state index contributed by atoms with van der Waals surface area (Å²) in [5, 5.41) is 0. The van der Waals surface area contributed by atoms with Gasteiger partial charge in [-0.2, -0.15) is 0 Å². The van der Waals surface area contributed by atoms with Crippen LogP contribution in [-0.4, -0.2) is 57.5 Å². The predicted molar refractivity (Wildman–Crippen MR) is 80.1 cm³/mol. The molecule has 1 N–H and O–H groups in total. The van der Waals surface area contributed by atoms with Gasteiger partial charge in [0, 0.05) is 51.0 Å². The van der Waals surface area contributed by atoms with Crippen molar-refractivity contribution in [3.05, 3.63) is 22.9 Å². The van der Waals surface area contributed by atoms with E-state index in [1.807, 2.05) is 0 Å². The van der Waals surface area contributed by atoms with Crippen molar-refractivity contribution in [2.45, 2.75) is 44.7 Å². The number of nitrogens with one attached hydrogen (secondary N) is 1. The molecule has 1 aromatic rings. The Morgan fingerprint density at radius 1 is 1.14 bits per heavy atom. The zero-order chi connectivity index (χ0) is 14.7. The molecule has 1 amide bonds. The van der Waals surface area contributed by atoms with E-state index in [2.05, 4.69) is 14.8 Å². The second-order valence-electron chi connectivity index (χ2n) is 6.08. The zero-order valence-electron chi connectivity index (χ0n) is 12.5. The SMILES string of the molecule is O=C1CCCN1C1CCN(CCCn2cc[nH]c2=O)CC1. The molecule has 2 aliphatic heterocycles. The molecule has 21 heavy (non-hydrogen) atoms. The van der Waals surface area contributed by atoms with Gasteiger partial charge in [-0.05, 0) is 32.2 Å². The molecule has 116 valence electrons. The normalized spacial score (nSPS) is 21.3. The Morgan fingerprint density at radius 3 is 2.57 bits per heavy atom. The maximum Gasteiger partial charge on any atom is 0.325 e. The molecule has 2 saturated heterocycles. The second-order valence-corrected chi connectivity index (χ2v) is 6.08. The number of aromatic nitrogens is 2. The number of piperidine rings is 1. The maximum absolute atomic E-state index is 11.8. The number of hydrogen-bond donors (Lipinski definition) is 1. The van der Waals surface area contributed by atoms with Gasteiger partial charge in [0.2, 0.25) is 5.91 Å². The summed E-state index contributed by atoms with van der Waals surface area (Å²) in [7, 11) is 0. The Kier molecular flexibility index (Phi) is 4.43. The van der Waals surface area contributed by atoms with E-state index in [4.69, 9.17) is 0 Å². The van der Waals surface area contributed by atoms with Crippen LogP contribution in [0, 0.1) is 0 Å². The van der Waals surface area contributed by atoms with E-state index in [0.29, 0.717) is 11.9 Å². The van der Waals surface area contributed by atoms with Crippen LogP contribution in [0.15, 0.2) is 17.2 Å². The molecule has 2 fully saturated rings. The monoisotopic (exact) mass is 292 g/mol. The van der Waals surface area contributed by atoms with Crippen molar-refractivity contribution in [3.8, 4) is 0 Å². The molecule has 0 unspecified atom stereocenters. The average Bonchev–Trinajstić information content (AvgIpc) is 3.09. The minimum atomic E-state index is -0.0266. The van der Waals surface area contributed by atoms with E-state index in [9.17, 15) is 9.59 Å². The first-order valence-corrected chi connectivity index (χ1v) is 8.00. The zero-order valence-corrected chi connectivity index (χ0v) is 12.5. The van der Waals surface area contributed by atoms with E-state index in [-0.39, 0.29) is 5.69 Å². The van der Waals surface area contributed by atoms with Gasteiger partial charge in [0.05, 0.1) is 0 Å². The lowest BCUT2D eigenvalue weighted by Gasteiger charge is -2.36. The number of hydrogen-bond acceptors (Lipinski definition) is 3. The van der Waals surface area contributed by atoms with Crippen molar-refractivity contribution < 1.29 is 4.79 Å².